The summed E-state index contributed by atoms with van der Waals surface area (Å²) < 4.78 is 42.9. The van der Waals surface area contributed by atoms with Crippen molar-refractivity contribution in [3.8, 4) is 0 Å². The third kappa shape index (κ3) is 5.28. The van der Waals surface area contributed by atoms with E-state index in [4.69, 9.17) is 9.15 Å². The van der Waals surface area contributed by atoms with Crippen LogP contribution in [-0.2, 0) is 20.7 Å². The SMILES string of the molecule is Cc1ccccc1N(F)c1nc2ccc(CC(=O)[C@@](F)(O[C@H]3CC[C@H](C(=O)O)CC3)N3CCCC3)cc2o1. The molecule has 202 valence electrons. The van der Waals surface area contributed by atoms with Gasteiger partial charge in [-0.2, -0.15) is 9.37 Å². The lowest BCUT2D eigenvalue weighted by Gasteiger charge is -2.37. The Bertz CT molecular complexity index is 1320. The Labute approximate surface area is 219 Å². The monoisotopic (exact) mass is 527 g/mol. The molecular weight excluding hydrogens is 496 g/mol. The van der Waals surface area contributed by atoms with Gasteiger partial charge < -0.3 is 14.3 Å². The number of nitrogens with zero attached hydrogens (tertiary/aromatic N) is 3. The van der Waals surface area contributed by atoms with Crippen molar-refractivity contribution in [2.75, 3.05) is 18.2 Å². The zero-order valence-electron chi connectivity index (χ0n) is 21.2. The number of hydrogen-bond donors (Lipinski definition) is 1. The minimum Gasteiger partial charge on any atom is -0.481 e. The van der Waals surface area contributed by atoms with Gasteiger partial charge >= 0.3 is 18.0 Å². The summed E-state index contributed by atoms with van der Waals surface area (Å²) in [6.45, 7) is 2.59. The number of carboxylic acids is 1. The maximum absolute atomic E-state index is 16.4. The predicted octanol–water partition coefficient (Wildman–Crippen LogP) is 5.65. The van der Waals surface area contributed by atoms with Crippen LogP contribution in [0.1, 0.15) is 49.7 Å². The number of fused-ring (bicyclic) bond motifs is 1. The second-order valence-electron chi connectivity index (χ2n) is 10.2. The minimum absolute atomic E-state index is 0.241. The van der Waals surface area contributed by atoms with Gasteiger partial charge in [-0.15, -0.1) is 5.12 Å². The molecule has 0 amide bonds. The van der Waals surface area contributed by atoms with Gasteiger partial charge in [0.25, 0.3) is 0 Å². The third-order valence-corrected chi connectivity index (χ3v) is 7.50. The highest BCUT2D eigenvalue weighted by atomic mass is 19.2. The van der Waals surface area contributed by atoms with Crippen LogP contribution in [0.3, 0.4) is 0 Å². The van der Waals surface area contributed by atoms with Crippen molar-refractivity contribution in [2.24, 2.45) is 5.92 Å². The van der Waals surface area contributed by atoms with E-state index >= 15 is 8.87 Å². The van der Waals surface area contributed by atoms with Gasteiger partial charge in [0.15, 0.2) is 5.58 Å². The Kier molecular flexibility index (Phi) is 7.45. The van der Waals surface area contributed by atoms with E-state index in [1.165, 1.54) is 4.90 Å². The van der Waals surface area contributed by atoms with Crippen LogP contribution in [0.15, 0.2) is 46.9 Å². The number of benzene rings is 2. The molecular formula is C28H31F2N3O5. The quantitative estimate of drug-likeness (QED) is 0.282. The van der Waals surface area contributed by atoms with E-state index in [1.54, 1.807) is 49.4 Å². The number of aryl methyl sites for hydroxylation is 1. The Morgan fingerprint density at radius 3 is 2.55 bits per heavy atom. The van der Waals surface area contributed by atoms with E-state index in [-0.39, 0.29) is 18.0 Å². The first-order valence-corrected chi connectivity index (χ1v) is 13.0. The van der Waals surface area contributed by atoms with Crippen molar-refractivity contribution in [3.63, 3.8) is 0 Å². The number of rotatable bonds is 9. The van der Waals surface area contributed by atoms with Gasteiger partial charge in [0.1, 0.15) is 5.52 Å². The van der Waals surface area contributed by atoms with Crippen LogP contribution in [-0.4, -0.2) is 51.9 Å². The molecule has 38 heavy (non-hydrogen) atoms. The molecule has 1 saturated heterocycles. The molecule has 8 nitrogen and oxygen atoms in total. The van der Waals surface area contributed by atoms with Gasteiger partial charge in [0, 0.05) is 19.5 Å². The Morgan fingerprint density at radius 1 is 1.16 bits per heavy atom. The number of anilines is 2. The highest BCUT2D eigenvalue weighted by Gasteiger charge is 2.48. The summed E-state index contributed by atoms with van der Waals surface area (Å²) >= 11 is 0. The largest absolute Gasteiger partial charge is 0.481 e. The van der Waals surface area contributed by atoms with E-state index in [2.05, 4.69) is 4.98 Å². The summed E-state index contributed by atoms with van der Waals surface area (Å²) in [5.74, 6) is -4.65. The van der Waals surface area contributed by atoms with Gasteiger partial charge in [0.05, 0.1) is 17.7 Å². The van der Waals surface area contributed by atoms with Gasteiger partial charge in [-0.25, -0.2) is 4.90 Å². The number of carbonyl (C=O) groups is 2. The average Bonchev–Trinajstić information content (AvgIpc) is 3.59. The number of halogens is 2. The van der Waals surface area contributed by atoms with Crippen molar-refractivity contribution < 1.29 is 32.7 Å². The number of carbonyl (C=O) groups excluding carboxylic acids is 1. The normalized spacial score (nSPS) is 21.9. The lowest BCUT2D eigenvalue weighted by Crippen LogP contribution is -2.54. The fraction of sp³-hybridized carbons (Fsp3) is 0.464. The number of Topliss-reactive ketones (excluding diaryl/α,β-unsaturated/α-hetero) is 1. The third-order valence-electron chi connectivity index (χ3n) is 7.50. The zero-order valence-corrected chi connectivity index (χ0v) is 21.2. The van der Waals surface area contributed by atoms with Crippen LogP contribution in [0.25, 0.3) is 11.1 Å². The van der Waals surface area contributed by atoms with Crippen molar-refractivity contribution >= 4 is 34.6 Å². The number of para-hydroxylation sites is 1. The standard InChI is InChI=1S/C28H31F2N3O5/c1-18-6-2-3-7-23(18)33(30)27-31-22-13-8-19(16-24(22)37-27)17-25(34)28(29,32-14-4-5-15-32)38-21-11-9-20(10-12-21)26(35)36/h2-3,6-8,13,16,20-21H,4-5,9-12,14-15,17H2,1H3,(H,35,36)/t20-,21-,28-/m0/s1. The second kappa shape index (κ2) is 10.8. The van der Waals surface area contributed by atoms with Crippen LogP contribution in [0.2, 0.25) is 0 Å². The Balaban J connectivity index is 1.33. The second-order valence-corrected chi connectivity index (χ2v) is 10.2. The highest BCUT2D eigenvalue weighted by Crippen LogP contribution is 2.35. The molecule has 1 N–H and O–H groups in total. The van der Waals surface area contributed by atoms with E-state index < -0.39 is 29.8 Å². The Hall–Kier alpha value is -3.37. The lowest BCUT2D eigenvalue weighted by atomic mass is 9.87. The molecule has 2 fully saturated rings. The summed E-state index contributed by atoms with van der Waals surface area (Å²) in [7, 11) is 0. The number of aromatic nitrogens is 1. The molecule has 0 unspecified atom stereocenters. The van der Waals surface area contributed by atoms with E-state index in [9.17, 15) is 14.7 Å². The summed E-state index contributed by atoms with van der Waals surface area (Å²) in [5.41, 5.74) is 2.19. The molecule has 0 radical (unpaired) electrons. The van der Waals surface area contributed by atoms with Crippen molar-refractivity contribution in [1.82, 2.24) is 9.88 Å². The molecule has 2 heterocycles. The number of alkyl halides is 1. The van der Waals surface area contributed by atoms with Crippen LogP contribution in [0.4, 0.5) is 20.6 Å². The van der Waals surface area contributed by atoms with Crippen molar-refractivity contribution in [2.45, 2.75) is 64.0 Å². The molecule has 2 aliphatic rings. The molecule has 1 saturated carbocycles. The van der Waals surface area contributed by atoms with Gasteiger partial charge in [0.2, 0.25) is 5.78 Å². The number of oxazole rings is 1. The first-order chi connectivity index (χ1) is 18.2. The fourth-order valence-electron chi connectivity index (χ4n) is 5.30. The van der Waals surface area contributed by atoms with Crippen LogP contribution < -0.4 is 5.12 Å². The minimum atomic E-state index is -2.60. The summed E-state index contributed by atoms with van der Waals surface area (Å²) in [4.78, 5) is 30.3. The van der Waals surface area contributed by atoms with Crippen molar-refractivity contribution in [3.05, 3.63) is 53.6 Å². The summed E-state index contributed by atoms with van der Waals surface area (Å²) in [6.07, 6.45) is 2.31. The first-order valence-electron chi connectivity index (χ1n) is 13.0. The maximum Gasteiger partial charge on any atom is 0.332 e. The van der Waals surface area contributed by atoms with E-state index in [1.807, 2.05) is 0 Å². The number of likely N-dealkylation sites (tertiary alicyclic amines) is 1. The number of carboxylic acid groups (broad SMARTS) is 1. The molecule has 0 spiro atoms. The lowest BCUT2D eigenvalue weighted by molar-refractivity contribution is -0.252. The smallest absolute Gasteiger partial charge is 0.332 e. The molecule has 1 aliphatic carbocycles. The molecule has 10 heteroatoms. The molecule has 1 atom stereocenters. The fourth-order valence-corrected chi connectivity index (χ4v) is 5.30. The van der Waals surface area contributed by atoms with Crippen LogP contribution in [0, 0.1) is 12.8 Å². The van der Waals surface area contributed by atoms with E-state index in [0.29, 0.717) is 66.2 Å². The Morgan fingerprint density at radius 2 is 1.87 bits per heavy atom. The summed E-state index contributed by atoms with van der Waals surface area (Å²) in [5, 5.41) is 9.61. The molecule has 1 aromatic heterocycles. The van der Waals surface area contributed by atoms with Crippen LogP contribution >= 0.6 is 0 Å². The number of ketones is 1. The number of hydrogen-bond acceptors (Lipinski definition) is 7. The van der Waals surface area contributed by atoms with Crippen LogP contribution in [0.5, 0.6) is 0 Å². The molecule has 5 rings (SSSR count). The maximum atomic E-state index is 16.4. The molecule has 3 aromatic rings. The highest BCUT2D eigenvalue weighted by molar-refractivity contribution is 5.88. The van der Waals surface area contributed by atoms with Gasteiger partial charge in [-0.3, -0.25) is 9.59 Å². The van der Waals surface area contributed by atoms with Gasteiger partial charge in [-0.05, 0) is 74.8 Å². The molecule has 1 aliphatic heterocycles. The van der Waals surface area contributed by atoms with E-state index in [0.717, 1.165) is 12.8 Å². The average molecular weight is 528 g/mol. The topological polar surface area (TPSA) is 96.1 Å². The number of ether oxygens (including phenoxy) is 1. The van der Waals surface area contributed by atoms with Crippen molar-refractivity contribution in [1.29, 1.82) is 0 Å². The first kappa shape index (κ1) is 26.2. The predicted molar refractivity (Wildman–Crippen MR) is 136 cm³/mol. The summed E-state index contributed by atoms with van der Waals surface area (Å²) in [6, 6.07) is 11.5. The zero-order chi connectivity index (χ0) is 26.9. The number of aliphatic carboxylic acids is 1. The molecule has 0 bridgehead atoms. The van der Waals surface area contributed by atoms with Gasteiger partial charge in [-0.1, -0.05) is 28.7 Å². The molecule has 2 aromatic carbocycles.